The van der Waals surface area contributed by atoms with Crippen molar-refractivity contribution in [1.29, 1.82) is 0 Å². The van der Waals surface area contributed by atoms with Gasteiger partial charge in [-0.2, -0.15) is 0 Å². The largest absolute Gasteiger partial charge is 0.495 e. The van der Waals surface area contributed by atoms with Gasteiger partial charge in [-0.15, -0.1) is 0 Å². The Morgan fingerprint density at radius 1 is 0.971 bits per heavy atom. The van der Waals surface area contributed by atoms with Crippen LogP contribution in [0.2, 0.25) is 0 Å². The monoisotopic (exact) mass is 507 g/mol. The molecule has 35 heavy (non-hydrogen) atoms. The fraction of sp³-hybridized carbons (Fsp3) is 0.520. The molecule has 0 heterocycles. The smallest absolute Gasteiger partial charge is 0.271 e. The van der Waals surface area contributed by atoms with Crippen molar-refractivity contribution >= 4 is 21.4 Å². The lowest BCUT2D eigenvalue weighted by molar-refractivity contribution is -0.384. The molecule has 0 aliphatic heterocycles. The second kappa shape index (κ2) is 12.3. The SMILES string of the molecule is COc1ccc([N+](=O)[O-])cc1N(C[C@@H](O)CN(CC(C)C)CC(C)C)S(=O)(=O)c1ccc(C)cc1. The molecule has 2 rings (SSSR count). The standard InChI is InChI=1S/C25H37N3O6S/c1-18(2)14-26(15-19(3)4)16-22(29)17-27(35(32,33)23-10-7-20(5)8-11-23)24-13-21(28(30)31)9-12-25(24)34-6/h7-13,18-19,22,29H,14-17H2,1-6H3/t22-/m0/s1. The molecule has 0 saturated heterocycles. The molecule has 2 aromatic carbocycles. The van der Waals surface area contributed by atoms with Gasteiger partial charge in [-0.3, -0.25) is 14.4 Å². The summed E-state index contributed by atoms with van der Waals surface area (Å²) in [5, 5.41) is 22.5. The molecule has 0 radical (unpaired) electrons. The lowest BCUT2D eigenvalue weighted by Gasteiger charge is -2.32. The van der Waals surface area contributed by atoms with Gasteiger partial charge in [0.25, 0.3) is 15.7 Å². The molecule has 10 heteroatoms. The molecule has 0 aromatic heterocycles. The molecule has 1 atom stereocenters. The summed E-state index contributed by atoms with van der Waals surface area (Å²) in [4.78, 5) is 13.0. The van der Waals surface area contributed by atoms with Gasteiger partial charge < -0.3 is 14.7 Å². The highest BCUT2D eigenvalue weighted by Gasteiger charge is 2.31. The van der Waals surface area contributed by atoms with Crippen molar-refractivity contribution < 1.29 is 23.2 Å². The average Bonchev–Trinajstić information content (AvgIpc) is 2.76. The number of benzene rings is 2. The van der Waals surface area contributed by atoms with Gasteiger partial charge in [0.2, 0.25) is 0 Å². The number of aliphatic hydroxyl groups is 1. The molecular formula is C25H37N3O6S. The van der Waals surface area contributed by atoms with E-state index in [2.05, 4.69) is 32.6 Å². The Morgan fingerprint density at radius 3 is 2.03 bits per heavy atom. The predicted octanol–water partition coefficient (Wildman–Crippen LogP) is 4.08. The van der Waals surface area contributed by atoms with Crippen LogP contribution in [0.3, 0.4) is 0 Å². The summed E-state index contributed by atoms with van der Waals surface area (Å²) in [6.07, 6.45) is -1.04. The van der Waals surface area contributed by atoms with E-state index >= 15 is 0 Å². The fourth-order valence-electron chi connectivity index (χ4n) is 3.95. The zero-order chi connectivity index (χ0) is 26.3. The highest BCUT2D eigenvalue weighted by Crippen LogP contribution is 2.36. The van der Waals surface area contributed by atoms with Crippen LogP contribution in [0, 0.1) is 28.9 Å². The topological polar surface area (TPSA) is 113 Å². The minimum absolute atomic E-state index is 0.000550. The lowest BCUT2D eigenvalue weighted by atomic mass is 10.1. The van der Waals surface area contributed by atoms with Crippen LogP contribution in [-0.2, 0) is 10.0 Å². The number of aryl methyl sites for hydroxylation is 1. The highest BCUT2D eigenvalue weighted by atomic mass is 32.2. The third-order valence-electron chi connectivity index (χ3n) is 5.34. The Balaban J connectivity index is 2.53. The number of aliphatic hydroxyl groups excluding tert-OH is 1. The Hall–Kier alpha value is -2.69. The molecule has 2 aromatic rings. The number of methoxy groups -OCH3 is 1. The van der Waals surface area contributed by atoms with Crippen LogP contribution in [0.5, 0.6) is 5.75 Å². The minimum Gasteiger partial charge on any atom is -0.495 e. The first-order valence-corrected chi connectivity index (χ1v) is 13.1. The van der Waals surface area contributed by atoms with Gasteiger partial charge in [-0.25, -0.2) is 8.42 Å². The first-order chi connectivity index (χ1) is 16.3. The van der Waals surface area contributed by atoms with Crippen molar-refractivity contribution in [3.63, 3.8) is 0 Å². The number of nitro groups is 1. The maximum Gasteiger partial charge on any atom is 0.271 e. The van der Waals surface area contributed by atoms with Gasteiger partial charge in [0.1, 0.15) is 11.4 Å². The third kappa shape index (κ3) is 7.91. The molecule has 0 aliphatic rings. The Kier molecular flexibility index (Phi) is 10.1. The Morgan fingerprint density at radius 2 is 1.54 bits per heavy atom. The van der Waals surface area contributed by atoms with Gasteiger partial charge in [0.15, 0.2) is 0 Å². The molecule has 0 aliphatic carbocycles. The number of sulfonamides is 1. The maximum atomic E-state index is 13.7. The Labute approximate surface area is 208 Å². The molecule has 0 spiro atoms. The van der Waals surface area contributed by atoms with Gasteiger partial charge >= 0.3 is 0 Å². The van der Waals surface area contributed by atoms with E-state index in [-0.39, 0.29) is 35.1 Å². The number of ether oxygens (including phenoxy) is 1. The normalized spacial score (nSPS) is 12.9. The summed E-state index contributed by atoms with van der Waals surface area (Å²) in [5.41, 5.74) is 0.614. The molecule has 0 fully saturated rings. The Bertz CT molecular complexity index is 1080. The summed E-state index contributed by atoms with van der Waals surface area (Å²) < 4.78 is 33.9. The van der Waals surface area contributed by atoms with Gasteiger partial charge in [0, 0.05) is 31.8 Å². The second-order valence-electron chi connectivity index (χ2n) is 9.62. The van der Waals surface area contributed by atoms with E-state index in [9.17, 15) is 23.6 Å². The van der Waals surface area contributed by atoms with E-state index in [1.165, 1.54) is 31.4 Å². The van der Waals surface area contributed by atoms with Crippen LogP contribution in [0.4, 0.5) is 11.4 Å². The third-order valence-corrected chi connectivity index (χ3v) is 7.14. The van der Waals surface area contributed by atoms with Gasteiger partial charge in [0.05, 0.1) is 29.6 Å². The van der Waals surface area contributed by atoms with E-state index in [0.29, 0.717) is 11.8 Å². The van der Waals surface area contributed by atoms with Crippen LogP contribution >= 0.6 is 0 Å². The molecule has 9 nitrogen and oxygen atoms in total. The van der Waals surface area contributed by atoms with E-state index in [1.54, 1.807) is 12.1 Å². The second-order valence-corrected chi connectivity index (χ2v) is 11.5. The molecule has 1 N–H and O–H groups in total. The molecule has 0 bridgehead atoms. The fourth-order valence-corrected chi connectivity index (χ4v) is 5.46. The molecule has 0 unspecified atom stereocenters. The lowest BCUT2D eigenvalue weighted by Crippen LogP contribution is -2.44. The number of anilines is 1. The number of nitro benzene ring substituents is 1. The van der Waals surface area contributed by atoms with Crippen LogP contribution in [0.1, 0.15) is 33.3 Å². The number of hydrogen-bond acceptors (Lipinski definition) is 7. The van der Waals surface area contributed by atoms with E-state index in [4.69, 9.17) is 4.74 Å². The van der Waals surface area contributed by atoms with Crippen molar-refractivity contribution in [2.45, 2.75) is 45.6 Å². The van der Waals surface area contributed by atoms with Crippen LogP contribution in [0.15, 0.2) is 47.4 Å². The molecule has 0 saturated carbocycles. The van der Waals surface area contributed by atoms with Crippen molar-refractivity contribution in [3.05, 3.63) is 58.1 Å². The molecule has 194 valence electrons. The average molecular weight is 508 g/mol. The van der Waals surface area contributed by atoms with E-state index < -0.39 is 21.1 Å². The van der Waals surface area contributed by atoms with Gasteiger partial charge in [-0.05, 0) is 37.0 Å². The van der Waals surface area contributed by atoms with Crippen molar-refractivity contribution in [2.24, 2.45) is 11.8 Å². The summed E-state index contributed by atoms with van der Waals surface area (Å²) in [5.74, 6) is 0.884. The number of nitrogens with zero attached hydrogens (tertiary/aromatic N) is 3. The first-order valence-electron chi connectivity index (χ1n) is 11.7. The summed E-state index contributed by atoms with van der Waals surface area (Å²) in [6.45, 7) is 11.7. The van der Waals surface area contributed by atoms with Crippen LogP contribution in [0.25, 0.3) is 0 Å². The predicted molar refractivity (Wildman–Crippen MR) is 137 cm³/mol. The maximum absolute atomic E-state index is 13.7. The number of hydrogen-bond donors (Lipinski definition) is 1. The number of rotatable bonds is 13. The van der Waals surface area contributed by atoms with Crippen LogP contribution < -0.4 is 9.04 Å². The number of non-ortho nitro benzene ring substituents is 1. The minimum atomic E-state index is -4.17. The zero-order valence-corrected chi connectivity index (χ0v) is 22.2. The quantitative estimate of drug-likeness (QED) is 0.321. The highest BCUT2D eigenvalue weighted by molar-refractivity contribution is 7.92. The zero-order valence-electron chi connectivity index (χ0n) is 21.3. The van der Waals surface area contributed by atoms with Crippen molar-refractivity contribution in [1.82, 2.24) is 4.90 Å². The first kappa shape index (κ1) is 28.5. The van der Waals surface area contributed by atoms with Crippen molar-refractivity contribution in [2.75, 3.05) is 37.6 Å². The van der Waals surface area contributed by atoms with E-state index in [1.807, 2.05) is 6.92 Å². The molecular weight excluding hydrogens is 470 g/mol. The van der Waals surface area contributed by atoms with E-state index in [0.717, 1.165) is 29.0 Å². The van der Waals surface area contributed by atoms with Gasteiger partial charge in [-0.1, -0.05) is 45.4 Å². The van der Waals surface area contributed by atoms with Crippen molar-refractivity contribution in [3.8, 4) is 5.75 Å². The summed E-state index contributed by atoms with van der Waals surface area (Å²) in [6, 6.07) is 10.1. The molecule has 0 amide bonds. The van der Waals surface area contributed by atoms with Crippen LogP contribution in [-0.4, -0.2) is 62.7 Å². The summed E-state index contributed by atoms with van der Waals surface area (Å²) >= 11 is 0. The summed E-state index contributed by atoms with van der Waals surface area (Å²) in [7, 11) is -2.80.